The van der Waals surface area contributed by atoms with Gasteiger partial charge < -0.3 is 4.74 Å². The zero-order valence-electron chi connectivity index (χ0n) is 12.1. The van der Waals surface area contributed by atoms with Crippen LogP contribution >= 0.6 is 23.2 Å². The average Bonchev–Trinajstić information content (AvgIpc) is 2.56. The largest absolute Gasteiger partial charge is 0.494 e. The van der Waals surface area contributed by atoms with Crippen LogP contribution in [0.2, 0.25) is 10.2 Å². The molecule has 2 N–H and O–H groups in total. The van der Waals surface area contributed by atoms with Gasteiger partial charge in [0.2, 0.25) is 0 Å². The molecule has 0 fully saturated rings. The number of rotatable bonds is 4. The Morgan fingerprint density at radius 1 is 1.09 bits per heavy atom. The normalized spacial score (nSPS) is 10.0. The topological polar surface area (TPSA) is 80.3 Å². The number of hydrogen-bond acceptors (Lipinski definition) is 4. The molecule has 0 aliphatic heterocycles. The maximum absolute atomic E-state index is 11.9. The molecule has 1 aromatic carbocycles. The van der Waals surface area contributed by atoms with E-state index < -0.39 is 11.8 Å². The van der Waals surface area contributed by atoms with Crippen LogP contribution < -0.4 is 15.6 Å². The van der Waals surface area contributed by atoms with E-state index in [9.17, 15) is 9.59 Å². The second kappa shape index (κ2) is 7.80. The van der Waals surface area contributed by atoms with E-state index >= 15 is 0 Å². The summed E-state index contributed by atoms with van der Waals surface area (Å²) in [6, 6.07) is 7.88. The summed E-state index contributed by atoms with van der Waals surface area (Å²) in [5, 5.41) is 0.249. The summed E-state index contributed by atoms with van der Waals surface area (Å²) in [7, 11) is 0. The van der Waals surface area contributed by atoms with E-state index in [1.807, 2.05) is 6.92 Å². The quantitative estimate of drug-likeness (QED) is 0.654. The van der Waals surface area contributed by atoms with E-state index in [2.05, 4.69) is 15.8 Å². The number of aromatic nitrogens is 1. The van der Waals surface area contributed by atoms with Crippen molar-refractivity contribution in [3.8, 4) is 5.75 Å². The van der Waals surface area contributed by atoms with Crippen LogP contribution in [-0.2, 0) is 0 Å². The molecule has 2 aromatic rings. The molecule has 1 heterocycles. The van der Waals surface area contributed by atoms with Gasteiger partial charge in [0, 0.05) is 11.8 Å². The van der Waals surface area contributed by atoms with Crippen LogP contribution in [0.5, 0.6) is 5.75 Å². The van der Waals surface area contributed by atoms with Crippen molar-refractivity contribution in [3.63, 3.8) is 0 Å². The Bertz CT molecular complexity index is 720. The van der Waals surface area contributed by atoms with Gasteiger partial charge in [-0.05, 0) is 37.3 Å². The summed E-state index contributed by atoms with van der Waals surface area (Å²) in [6.45, 7) is 2.41. The van der Waals surface area contributed by atoms with Crippen molar-refractivity contribution in [2.45, 2.75) is 6.92 Å². The van der Waals surface area contributed by atoms with Crippen LogP contribution in [0.3, 0.4) is 0 Å². The smallest absolute Gasteiger partial charge is 0.271 e. The number of hydrazine groups is 1. The Morgan fingerprint density at radius 2 is 1.70 bits per heavy atom. The van der Waals surface area contributed by atoms with E-state index in [0.29, 0.717) is 17.9 Å². The molecule has 0 saturated carbocycles. The molecule has 120 valence electrons. The zero-order chi connectivity index (χ0) is 16.8. The standard InChI is InChI=1S/C15H13Cl2N3O3/c1-2-23-11-5-3-9(4-6-11)14(21)19-20-15(22)10-7-12(16)13(17)18-8-10/h3-8H,2H2,1H3,(H,19,21)(H,20,22). The SMILES string of the molecule is CCOc1ccc(C(=O)NNC(=O)c2cnc(Cl)c(Cl)c2)cc1. The molecule has 6 nitrogen and oxygen atoms in total. The van der Waals surface area contributed by atoms with Gasteiger partial charge in [0.05, 0.1) is 17.2 Å². The lowest BCUT2D eigenvalue weighted by atomic mass is 10.2. The van der Waals surface area contributed by atoms with Gasteiger partial charge in [0.15, 0.2) is 0 Å². The summed E-state index contributed by atoms with van der Waals surface area (Å²) >= 11 is 11.5. The fourth-order valence-corrected chi connectivity index (χ4v) is 1.94. The molecule has 0 saturated heterocycles. The van der Waals surface area contributed by atoms with Crippen molar-refractivity contribution >= 4 is 35.0 Å². The number of carbonyl (C=O) groups is 2. The number of nitrogens with zero attached hydrogens (tertiary/aromatic N) is 1. The fraction of sp³-hybridized carbons (Fsp3) is 0.133. The first-order valence-corrected chi connectivity index (χ1v) is 7.41. The van der Waals surface area contributed by atoms with Gasteiger partial charge >= 0.3 is 0 Å². The van der Waals surface area contributed by atoms with Gasteiger partial charge in [-0.15, -0.1) is 0 Å². The lowest BCUT2D eigenvalue weighted by Crippen LogP contribution is -2.41. The molecular formula is C15H13Cl2N3O3. The first-order chi connectivity index (χ1) is 11.0. The first kappa shape index (κ1) is 17.1. The third kappa shape index (κ3) is 4.58. The summed E-state index contributed by atoms with van der Waals surface area (Å²) < 4.78 is 5.29. The third-order valence-electron chi connectivity index (χ3n) is 2.78. The molecule has 0 spiro atoms. The minimum absolute atomic E-state index is 0.0987. The van der Waals surface area contributed by atoms with Crippen molar-refractivity contribution in [1.29, 1.82) is 0 Å². The van der Waals surface area contributed by atoms with Gasteiger partial charge in [0.1, 0.15) is 10.9 Å². The van der Waals surface area contributed by atoms with Crippen LogP contribution in [0.4, 0.5) is 0 Å². The molecule has 8 heteroatoms. The second-order valence-corrected chi connectivity index (χ2v) is 5.13. The predicted octanol–water partition coefficient (Wildman–Crippen LogP) is 2.86. The van der Waals surface area contributed by atoms with Gasteiger partial charge in [0.25, 0.3) is 11.8 Å². The highest BCUT2D eigenvalue weighted by Crippen LogP contribution is 2.19. The van der Waals surface area contributed by atoms with Crippen LogP contribution in [0.1, 0.15) is 27.6 Å². The van der Waals surface area contributed by atoms with Crippen LogP contribution in [0, 0.1) is 0 Å². The molecule has 2 amide bonds. The van der Waals surface area contributed by atoms with E-state index in [4.69, 9.17) is 27.9 Å². The van der Waals surface area contributed by atoms with E-state index in [1.54, 1.807) is 24.3 Å². The van der Waals surface area contributed by atoms with Crippen molar-refractivity contribution in [3.05, 3.63) is 57.8 Å². The highest BCUT2D eigenvalue weighted by Gasteiger charge is 2.11. The number of amides is 2. The lowest BCUT2D eigenvalue weighted by Gasteiger charge is -2.08. The van der Waals surface area contributed by atoms with Crippen molar-refractivity contribution in [2.75, 3.05) is 6.61 Å². The monoisotopic (exact) mass is 353 g/mol. The number of ether oxygens (including phenoxy) is 1. The minimum Gasteiger partial charge on any atom is -0.494 e. The van der Waals surface area contributed by atoms with Crippen molar-refractivity contribution in [2.24, 2.45) is 0 Å². The van der Waals surface area contributed by atoms with E-state index in [-0.39, 0.29) is 15.7 Å². The second-order valence-electron chi connectivity index (χ2n) is 4.36. The molecule has 2 rings (SSSR count). The molecule has 0 radical (unpaired) electrons. The summed E-state index contributed by atoms with van der Waals surface area (Å²) in [4.78, 5) is 27.6. The predicted molar refractivity (Wildman–Crippen MR) is 86.8 cm³/mol. The minimum atomic E-state index is -0.560. The Hall–Kier alpha value is -2.31. The van der Waals surface area contributed by atoms with Gasteiger partial charge in [-0.3, -0.25) is 20.4 Å². The van der Waals surface area contributed by atoms with Gasteiger partial charge in [-0.25, -0.2) is 4.98 Å². The summed E-state index contributed by atoms with van der Waals surface area (Å²) in [6.07, 6.45) is 1.26. The van der Waals surface area contributed by atoms with Crippen LogP contribution in [-0.4, -0.2) is 23.4 Å². The van der Waals surface area contributed by atoms with E-state index in [1.165, 1.54) is 12.3 Å². The van der Waals surface area contributed by atoms with Crippen LogP contribution in [0.15, 0.2) is 36.5 Å². The zero-order valence-corrected chi connectivity index (χ0v) is 13.6. The number of pyridine rings is 1. The highest BCUT2D eigenvalue weighted by molar-refractivity contribution is 6.41. The molecule has 0 aliphatic carbocycles. The van der Waals surface area contributed by atoms with Crippen LogP contribution in [0.25, 0.3) is 0 Å². The molecule has 23 heavy (non-hydrogen) atoms. The Morgan fingerprint density at radius 3 is 2.26 bits per heavy atom. The number of benzene rings is 1. The number of carbonyl (C=O) groups excluding carboxylic acids is 2. The molecular weight excluding hydrogens is 341 g/mol. The molecule has 0 unspecified atom stereocenters. The number of nitrogens with one attached hydrogen (secondary N) is 2. The number of halogens is 2. The third-order valence-corrected chi connectivity index (χ3v) is 3.46. The van der Waals surface area contributed by atoms with Crippen molar-refractivity contribution in [1.82, 2.24) is 15.8 Å². The molecule has 0 atom stereocenters. The summed E-state index contributed by atoms with van der Waals surface area (Å²) in [5.41, 5.74) is 5.12. The molecule has 0 aliphatic rings. The maximum atomic E-state index is 11.9. The highest BCUT2D eigenvalue weighted by atomic mass is 35.5. The fourth-order valence-electron chi connectivity index (χ4n) is 1.67. The number of hydrogen-bond donors (Lipinski definition) is 2. The Balaban J connectivity index is 1.95. The van der Waals surface area contributed by atoms with Gasteiger partial charge in [-0.2, -0.15) is 0 Å². The summed E-state index contributed by atoms with van der Waals surface area (Å²) in [5.74, 6) is -0.361. The molecule has 1 aromatic heterocycles. The Kier molecular flexibility index (Phi) is 5.78. The average molecular weight is 354 g/mol. The molecule has 0 bridgehead atoms. The maximum Gasteiger partial charge on any atom is 0.271 e. The Labute approximate surface area is 142 Å². The van der Waals surface area contributed by atoms with Crippen molar-refractivity contribution < 1.29 is 14.3 Å². The lowest BCUT2D eigenvalue weighted by molar-refractivity contribution is 0.0846. The first-order valence-electron chi connectivity index (χ1n) is 6.66. The van der Waals surface area contributed by atoms with Gasteiger partial charge in [-0.1, -0.05) is 23.2 Å². The van der Waals surface area contributed by atoms with E-state index in [0.717, 1.165) is 0 Å².